The summed E-state index contributed by atoms with van der Waals surface area (Å²) in [4.78, 5) is 22.1. The molecule has 6 aromatic rings. The Morgan fingerprint density at radius 1 is 0.703 bits per heavy atom. The SMILES string of the molecule is CC(C)(C)c1nc2cc(-c3ccc4oc(Cc5ccc(C(=O)c6ccccc6)cc5)nc4c3)ccc2o1. The first-order valence-electron chi connectivity index (χ1n) is 12.3. The van der Waals surface area contributed by atoms with E-state index >= 15 is 0 Å². The van der Waals surface area contributed by atoms with Crippen molar-refractivity contribution in [2.24, 2.45) is 0 Å². The smallest absolute Gasteiger partial charge is 0.200 e. The first-order chi connectivity index (χ1) is 17.8. The zero-order valence-electron chi connectivity index (χ0n) is 21.0. The topological polar surface area (TPSA) is 69.1 Å². The van der Waals surface area contributed by atoms with Crippen LogP contribution in [0.2, 0.25) is 0 Å². The van der Waals surface area contributed by atoms with Gasteiger partial charge in [0.15, 0.2) is 22.8 Å². The normalized spacial score (nSPS) is 11.9. The van der Waals surface area contributed by atoms with E-state index in [4.69, 9.17) is 18.8 Å². The zero-order chi connectivity index (χ0) is 25.6. The lowest BCUT2D eigenvalue weighted by Crippen LogP contribution is -2.10. The summed E-state index contributed by atoms with van der Waals surface area (Å²) < 4.78 is 12.0. The number of carbonyl (C=O) groups is 1. The van der Waals surface area contributed by atoms with Crippen molar-refractivity contribution in [2.75, 3.05) is 0 Å². The van der Waals surface area contributed by atoms with Crippen LogP contribution in [0.4, 0.5) is 0 Å². The molecule has 0 saturated heterocycles. The van der Waals surface area contributed by atoms with Crippen LogP contribution in [-0.4, -0.2) is 15.8 Å². The van der Waals surface area contributed by atoms with Gasteiger partial charge in [0.25, 0.3) is 0 Å². The van der Waals surface area contributed by atoms with E-state index in [0.29, 0.717) is 23.4 Å². The van der Waals surface area contributed by atoms with Gasteiger partial charge < -0.3 is 8.83 Å². The van der Waals surface area contributed by atoms with Gasteiger partial charge in [-0.05, 0) is 41.0 Å². The highest BCUT2D eigenvalue weighted by Gasteiger charge is 2.21. The number of rotatable bonds is 5. The average molecular weight is 487 g/mol. The number of carbonyl (C=O) groups excluding carboxylic acids is 1. The van der Waals surface area contributed by atoms with Crippen molar-refractivity contribution in [3.05, 3.63) is 119 Å². The second-order valence-electron chi connectivity index (χ2n) is 10.3. The average Bonchev–Trinajstić information content (AvgIpc) is 3.52. The molecule has 0 bridgehead atoms. The van der Waals surface area contributed by atoms with Gasteiger partial charge in [-0.1, -0.05) is 87.5 Å². The van der Waals surface area contributed by atoms with E-state index in [9.17, 15) is 4.79 Å². The van der Waals surface area contributed by atoms with E-state index in [0.717, 1.165) is 44.8 Å². The van der Waals surface area contributed by atoms with Crippen LogP contribution in [-0.2, 0) is 11.8 Å². The van der Waals surface area contributed by atoms with Crippen LogP contribution in [0.5, 0.6) is 0 Å². The molecule has 0 atom stereocenters. The van der Waals surface area contributed by atoms with Crippen LogP contribution in [0.3, 0.4) is 0 Å². The fraction of sp³-hybridized carbons (Fsp3) is 0.156. The van der Waals surface area contributed by atoms with Gasteiger partial charge in [-0.15, -0.1) is 0 Å². The molecule has 4 aromatic carbocycles. The van der Waals surface area contributed by atoms with Gasteiger partial charge in [0.1, 0.15) is 11.0 Å². The Labute approximate surface area is 214 Å². The molecule has 5 nitrogen and oxygen atoms in total. The monoisotopic (exact) mass is 486 g/mol. The van der Waals surface area contributed by atoms with E-state index in [1.165, 1.54) is 0 Å². The van der Waals surface area contributed by atoms with Crippen LogP contribution in [0.15, 0.2) is 99.8 Å². The van der Waals surface area contributed by atoms with E-state index in [1.807, 2.05) is 84.9 Å². The molecule has 0 spiro atoms. The standard InChI is InChI=1S/C32H26N2O3/c1-32(2,3)31-34-26-19-24(14-16-28(26)37-31)23-13-15-27-25(18-23)33-29(36-27)17-20-9-11-22(12-10-20)30(35)21-7-5-4-6-8-21/h4-16,18-19H,17H2,1-3H3. The lowest BCUT2D eigenvalue weighted by molar-refractivity contribution is 0.103. The first kappa shape index (κ1) is 22.9. The van der Waals surface area contributed by atoms with Gasteiger partial charge in [0.05, 0.1) is 0 Å². The van der Waals surface area contributed by atoms with Crippen LogP contribution in [0.1, 0.15) is 54.0 Å². The summed E-state index contributed by atoms with van der Waals surface area (Å²) in [5.41, 5.74) is 7.50. The number of benzene rings is 4. The van der Waals surface area contributed by atoms with E-state index in [2.05, 4.69) is 26.8 Å². The van der Waals surface area contributed by atoms with Gasteiger partial charge in [0.2, 0.25) is 5.89 Å². The summed E-state index contributed by atoms with van der Waals surface area (Å²) in [5.74, 6) is 1.38. The highest BCUT2D eigenvalue weighted by Crippen LogP contribution is 2.31. The number of fused-ring (bicyclic) bond motifs is 2. The molecule has 182 valence electrons. The van der Waals surface area contributed by atoms with Crippen molar-refractivity contribution >= 4 is 28.0 Å². The Kier molecular flexibility index (Phi) is 5.49. The molecule has 0 aliphatic rings. The number of oxazole rings is 2. The first-order valence-corrected chi connectivity index (χ1v) is 12.3. The number of ketones is 1. The van der Waals surface area contributed by atoms with Crippen molar-refractivity contribution in [2.45, 2.75) is 32.6 Å². The number of aromatic nitrogens is 2. The van der Waals surface area contributed by atoms with E-state index < -0.39 is 0 Å². The van der Waals surface area contributed by atoms with Gasteiger partial charge in [0, 0.05) is 23.0 Å². The molecule has 0 saturated carbocycles. The van der Waals surface area contributed by atoms with Gasteiger partial charge in [-0.2, -0.15) is 0 Å². The minimum atomic E-state index is -0.146. The molecular weight excluding hydrogens is 460 g/mol. The number of nitrogens with zero attached hydrogens (tertiary/aromatic N) is 2. The maximum atomic E-state index is 12.7. The van der Waals surface area contributed by atoms with Crippen molar-refractivity contribution in [1.82, 2.24) is 9.97 Å². The zero-order valence-corrected chi connectivity index (χ0v) is 21.0. The van der Waals surface area contributed by atoms with Crippen molar-refractivity contribution < 1.29 is 13.6 Å². The third-order valence-electron chi connectivity index (χ3n) is 6.40. The van der Waals surface area contributed by atoms with Crippen molar-refractivity contribution in [1.29, 1.82) is 0 Å². The molecule has 0 radical (unpaired) electrons. The summed E-state index contributed by atoms with van der Waals surface area (Å²) in [5, 5.41) is 0. The van der Waals surface area contributed by atoms with Crippen LogP contribution < -0.4 is 0 Å². The molecule has 0 aliphatic heterocycles. The second-order valence-corrected chi connectivity index (χ2v) is 10.3. The summed E-state index contributed by atoms with van der Waals surface area (Å²) in [6, 6.07) is 29.0. The van der Waals surface area contributed by atoms with E-state index in [1.54, 1.807) is 0 Å². The molecule has 5 heteroatoms. The van der Waals surface area contributed by atoms with Gasteiger partial charge >= 0.3 is 0 Å². The summed E-state index contributed by atoms with van der Waals surface area (Å²) in [7, 11) is 0. The molecular formula is C32H26N2O3. The third-order valence-corrected chi connectivity index (χ3v) is 6.40. The van der Waals surface area contributed by atoms with E-state index in [-0.39, 0.29) is 11.2 Å². The third kappa shape index (κ3) is 4.56. The Morgan fingerprint density at radius 2 is 1.30 bits per heavy atom. The molecule has 0 N–H and O–H groups in total. The molecule has 0 unspecified atom stereocenters. The van der Waals surface area contributed by atoms with Crippen LogP contribution >= 0.6 is 0 Å². The maximum Gasteiger partial charge on any atom is 0.200 e. The molecule has 37 heavy (non-hydrogen) atoms. The highest BCUT2D eigenvalue weighted by molar-refractivity contribution is 6.08. The molecule has 0 amide bonds. The summed E-state index contributed by atoms with van der Waals surface area (Å²) in [6.07, 6.45) is 0.546. The molecule has 2 aromatic heterocycles. The van der Waals surface area contributed by atoms with Crippen LogP contribution in [0.25, 0.3) is 33.3 Å². The van der Waals surface area contributed by atoms with Gasteiger partial charge in [-0.3, -0.25) is 4.79 Å². The second kappa shape index (κ2) is 8.86. The Hall–Kier alpha value is -4.51. The van der Waals surface area contributed by atoms with Gasteiger partial charge in [-0.25, -0.2) is 9.97 Å². The quantitative estimate of drug-likeness (QED) is 0.233. The van der Waals surface area contributed by atoms with Crippen molar-refractivity contribution in [3.63, 3.8) is 0 Å². The Morgan fingerprint density at radius 3 is 1.95 bits per heavy atom. The minimum absolute atomic E-state index is 0.0139. The molecule has 0 fully saturated rings. The highest BCUT2D eigenvalue weighted by atomic mass is 16.4. The Balaban J connectivity index is 1.23. The summed E-state index contributed by atoms with van der Waals surface area (Å²) >= 11 is 0. The lowest BCUT2D eigenvalue weighted by Gasteiger charge is -2.11. The molecule has 0 aliphatic carbocycles. The number of hydrogen-bond acceptors (Lipinski definition) is 5. The molecule has 6 rings (SSSR count). The fourth-order valence-electron chi connectivity index (χ4n) is 4.36. The Bertz CT molecular complexity index is 1740. The largest absolute Gasteiger partial charge is 0.440 e. The minimum Gasteiger partial charge on any atom is -0.440 e. The summed E-state index contributed by atoms with van der Waals surface area (Å²) in [6.45, 7) is 6.27. The van der Waals surface area contributed by atoms with Crippen LogP contribution in [0, 0.1) is 0 Å². The molecule has 2 heterocycles. The number of hydrogen-bond donors (Lipinski definition) is 0. The maximum absolute atomic E-state index is 12.7. The predicted octanol–water partition coefficient (Wildman–Crippen LogP) is 7.76. The van der Waals surface area contributed by atoms with Crippen molar-refractivity contribution in [3.8, 4) is 11.1 Å². The lowest BCUT2D eigenvalue weighted by atomic mass is 9.97. The fourth-order valence-corrected chi connectivity index (χ4v) is 4.36. The predicted molar refractivity (Wildman–Crippen MR) is 145 cm³/mol.